The summed E-state index contributed by atoms with van der Waals surface area (Å²) in [4.78, 5) is 11.8. The minimum atomic E-state index is -0.0379. The molecule has 5 heteroatoms. The molecule has 17 heavy (non-hydrogen) atoms. The Morgan fingerprint density at radius 1 is 1.59 bits per heavy atom. The number of rotatable bonds is 6. The van der Waals surface area contributed by atoms with Gasteiger partial charge in [-0.15, -0.1) is 11.3 Å². The van der Waals surface area contributed by atoms with Crippen LogP contribution in [0.15, 0.2) is 15.2 Å². The molecule has 0 fully saturated rings. The number of thiophene rings is 1. The van der Waals surface area contributed by atoms with Gasteiger partial charge < -0.3 is 10.4 Å². The maximum absolute atomic E-state index is 11.8. The molecular weight excluding hydrogens is 302 g/mol. The fraction of sp³-hybridized carbons (Fsp3) is 0.583. The van der Waals surface area contributed by atoms with Crippen LogP contribution in [0.1, 0.15) is 37.0 Å². The maximum Gasteiger partial charge on any atom is 0.252 e. The minimum Gasteiger partial charge on any atom is -0.396 e. The Hall–Kier alpha value is -0.390. The summed E-state index contributed by atoms with van der Waals surface area (Å²) in [6.45, 7) is 5.01. The number of hydrogen-bond donors (Lipinski definition) is 2. The van der Waals surface area contributed by atoms with Crippen LogP contribution >= 0.6 is 27.3 Å². The van der Waals surface area contributed by atoms with E-state index in [9.17, 15) is 4.79 Å². The van der Waals surface area contributed by atoms with Crippen LogP contribution in [-0.4, -0.2) is 24.2 Å². The minimum absolute atomic E-state index is 0.0195. The lowest BCUT2D eigenvalue weighted by Gasteiger charge is -2.24. The van der Waals surface area contributed by atoms with Gasteiger partial charge in [-0.05, 0) is 40.3 Å². The van der Waals surface area contributed by atoms with Gasteiger partial charge in [0, 0.05) is 18.5 Å². The van der Waals surface area contributed by atoms with Crippen molar-refractivity contribution in [3.63, 3.8) is 0 Å². The van der Waals surface area contributed by atoms with Gasteiger partial charge in [0.1, 0.15) is 0 Å². The van der Waals surface area contributed by atoms with Crippen molar-refractivity contribution in [1.82, 2.24) is 5.32 Å². The van der Waals surface area contributed by atoms with E-state index >= 15 is 0 Å². The Bertz CT molecular complexity index is 376. The molecule has 0 aliphatic rings. The summed E-state index contributed by atoms with van der Waals surface area (Å²) in [7, 11) is 0. The van der Waals surface area contributed by atoms with E-state index in [1.54, 1.807) is 0 Å². The average Bonchev–Trinajstić information content (AvgIpc) is 2.70. The van der Waals surface area contributed by atoms with Crippen LogP contribution in [0, 0.1) is 5.41 Å². The molecule has 0 radical (unpaired) electrons. The van der Waals surface area contributed by atoms with Crippen LogP contribution in [0.4, 0.5) is 0 Å². The number of aliphatic hydroxyl groups is 1. The van der Waals surface area contributed by atoms with Crippen molar-refractivity contribution in [2.75, 3.05) is 13.2 Å². The van der Waals surface area contributed by atoms with Gasteiger partial charge in [-0.1, -0.05) is 13.8 Å². The quantitative estimate of drug-likeness (QED) is 0.846. The first-order valence-electron chi connectivity index (χ1n) is 5.58. The van der Waals surface area contributed by atoms with Crippen LogP contribution in [0.25, 0.3) is 0 Å². The first-order valence-corrected chi connectivity index (χ1v) is 7.25. The molecule has 1 heterocycles. The highest BCUT2D eigenvalue weighted by Gasteiger charge is 2.19. The smallest absolute Gasteiger partial charge is 0.252 e. The van der Waals surface area contributed by atoms with Crippen LogP contribution < -0.4 is 5.32 Å². The first-order chi connectivity index (χ1) is 7.94. The third-order valence-corrected chi connectivity index (χ3v) is 4.07. The second kappa shape index (κ2) is 6.52. The number of hydrogen-bond acceptors (Lipinski definition) is 3. The van der Waals surface area contributed by atoms with E-state index in [1.807, 2.05) is 11.4 Å². The van der Waals surface area contributed by atoms with E-state index in [0.717, 1.165) is 16.6 Å². The number of amides is 1. The molecule has 0 atom stereocenters. The molecule has 0 saturated carbocycles. The van der Waals surface area contributed by atoms with Crippen molar-refractivity contribution in [3.05, 3.63) is 20.8 Å². The molecule has 0 spiro atoms. The Morgan fingerprint density at radius 3 is 2.82 bits per heavy atom. The van der Waals surface area contributed by atoms with Crippen LogP contribution in [-0.2, 0) is 0 Å². The molecule has 3 nitrogen and oxygen atoms in total. The zero-order valence-electron chi connectivity index (χ0n) is 10.1. The number of carbonyl (C=O) groups is 1. The van der Waals surface area contributed by atoms with E-state index in [2.05, 4.69) is 35.1 Å². The summed E-state index contributed by atoms with van der Waals surface area (Å²) in [5, 5.41) is 13.6. The van der Waals surface area contributed by atoms with Crippen LogP contribution in [0.3, 0.4) is 0 Å². The number of aliphatic hydroxyl groups excluding tert-OH is 1. The summed E-state index contributed by atoms with van der Waals surface area (Å²) in [5.41, 5.74) is 0.714. The first kappa shape index (κ1) is 14.7. The lowest BCUT2D eigenvalue weighted by atomic mass is 9.88. The normalized spacial score (nSPS) is 11.5. The van der Waals surface area contributed by atoms with Crippen molar-refractivity contribution in [2.45, 2.75) is 26.7 Å². The van der Waals surface area contributed by atoms with Crippen molar-refractivity contribution < 1.29 is 9.90 Å². The van der Waals surface area contributed by atoms with E-state index in [0.29, 0.717) is 12.1 Å². The van der Waals surface area contributed by atoms with Gasteiger partial charge in [0.05, 0.1) is 9.35 Å². The Balaban J connectivity index is 2.42. The van der Waals surface area contributed by atoms with Crippen molar-refractivity contribution in [1.29, 1.82) is 0 Å². The summed E-state index contributed by atoms with van der Waals surface area (Å²) in [5.74, 6) is -0.0379. The van der Waals surface area contributed by atoms with Crippen molar-refractivity contribution in [3.8, 4) is 0 Å². The summed E-state index contributed by atoms with van der Waals surface area (Å²) >= 11 is 4.84. The monoisotopic (exact) mass is 319 g/mol. The standard InChI is InChI=1S/C12H18BrNO2S/c1-12(2,4-3-5-15)8-14-11(16)9-6-10(13)17-7-9/h6-7,15H,3-5,8H2,1-2H3,(H,14,16). The number of nitrogens with one attached hydrogen (secondary N) is 1. The highest BCUT2D eigenvalue weighted by Crippen LogP contribution is 2.22. The second-order valence-electron chi connectivity index (χ2n) is 4.81. The Morgan fingerprint density at radius 2 is 2.29 bits per heavy atom. The van der Waals surface area contributed by atoms with Gasteiger partial charge >= 0.3 is 0 Å². The molecule has 96 valence electrons. The third-order valence-electron chi connectivity index (χ3n) is 2.57. The SMILES string of the molecule is CC(C)(CCCO)CNC(=O)c1csc(Br)c1. The molecule has 0 aromatic carbocycles. The van der Waals surface area contributed by atoms with E-state index < -0.39 is 0 Å². The largest absolute Gasteiger partial charge is 0.396 e. The van der Waals surface area contributed by atoms with Gasteiger partial charge in [-0.2, -0.15) is 0 Å². The predicted molar refractivity (Wildman–Crippen MR) is 74.5 cm³/mol. The topological polar surface area (TPSA) is 49.3 Å². The van der Waals surface area contributed by atoms with E-state index in [4.69, 9.17) is 5.11 Å². The summed E-state index contributed by atoms with van der Waals surface area (Å²) in [6, 6.07) is 1.82. The molecule has 0 saturated heterocycles. The number of carbonyl (C=O) groups excluding carboxylic acids is 1. The molecule has 0 aliphatic carbocycles. The zero-order chi connectivity index (χ0) is 12.9. The van der Waals surface area contributed by atoms with E-state index in [1.165, 1.54) is 11.3 Å². The lowest BCUT2D eigenvalue weighted by Crippen LogP contribution is -2.33. The molecule has 1 amide bonds. The van der Waals surface area contributed by atoms with Gasteiger partial charge in [-0.25, -0.2) is 0 Å². The lowest BCUT2D eigenvalue weighted by molar-refractivity contribution is 0.0933. The van der Waals surface area contributed by atoms with Gasteiger partial charge in [0.2, 0.25) is 0 Å². The van der Waals surface area contributed by atoms with Crippen molar-refractivity contribution >= 4 is 33.2 Å². The maximum atomic E-state index is 11.8. The van der Waals surface area contributed by atoms with Crippen LogP contribution in [0.5, 0.6) is 0 Å². The molecule has 0 bridgehead atoms. The third kappa shape index (κ3) is 5.19. The van der Waals surface area contributed by atoms with Crippen molar-refractivity contribution in [2.24, 2.45) is 5.41 Å². The Kier molecular flexibility index (Phi) is 5.62. The van der Waals surface area contributed by atoms with E-state index in [-0.39, 0.29) is 17.9 Å². The predicted octanol–water partition coefficient (Wildman–Crippen LogP) is 3.04. The fourth-order valence-electron chi connectivity index (χ4n) is 1.50. The molecular formula is C12H18BrNO2S. The molecule has 1 aromatic heterocycles. The Labute approximate surface area is 114 Å². The second-order valence-corrected chi connectivity index (χ2v) is 7.10. The zero-order valence-corrected chi connectivity index (χ0v) is 12.5. The highest BCUT2D eigenvalue weighted by atomic mass is 79.9. The summed E-state index contributed by atoms with van der Waals surface area (Å²) < 4.78 is 0.960. The fourth-order valence-corrected chi connectivity index (χ4v) is 2.63. The van der Waals surface area contributed by atoms with Gasteiger partial charge in [-0.3, -0.25) is 4.79 Å². The summed E-state index contributed by atoms with van der Waals surface area (Å²) in [6.07, 6.45) is 1.67. The average molecular weight is 320 g/mol. The molecule has 1 aromatic rings. The van der Waals surface area contributed by atoms with Gasteiger partial charge in [0.15, 0.2) is 0 Å². The van der Waals surface area contributed by atoms with Gasteiger partial charge in [0.25, 0.3) is 5.91 Å². The molecule has 0 aliphatic heterocycles. The number of halogens is 1. The highest BCUT2D eigenvalue weighted by molar-refractivity contribution is 9.11. The molecule has 0 unspecified atom stereocenters. The molecule has 1 rings (SSSR count). The van der Waals surface area contributed by atoms with Crippen LogP contribution in [0.2, 0.25) is 0 Å². The molecule has 2 N–H and O–H groups in total.